The smallest absolute Gasteiger partial charge is 0.185 e. The van der Waals surface area contributed by atoms with Crippen LogP contribution in [0.5, 0.6) is 23.0 Å². The third kappa shape index (κ3) is 22.5. The van der Waals surface area contributed by atoms with Gasteiger partial charge in [0.15, 0.2) is 23.1 Å². The van der Waals surface area contributed by atoms with Crippen molar-refractivity contribution in [1.29, 1.82) is 0 Å². The van der Waals surface area contributed by atoms with Gasteiger partial charge in [0, 0.05) is 44.5 Å². The zero-order chi connectivity index (χ0) is 83.0. The maximum atomic E-state index is 12.6. The van der Waals surface area contributed by atoms with Crippen LogP contribution in [0.15, 0.2) is 415 Å². The Labute approximate surface area is 701 Å². The lowest BCUT2D eigenvalue weighted by Crippen LogP contribution is -1.98. The number of benzene rings is 16. The second kappa shape index (κ2) is 42.1. The summed E-state index contributed by atoms with van der Waals surface area (Å²) < 4.78 is 24.6. The average molecular weight is 1560 g/mol. The number of ketones is 4. The quantitative estimate of drug-likeness (QED) is 0.0353. The Hall–Kier alpha value is -15.6. The van der Waals surface area contributed by atoms with Crippen molar-refractivity contribution in [3.05, 3.63) is 504 Å². The van der Waals surface area contributed by atoms with E-state index in [1.54, 1.807) is 24.3 Å². The first-order chi connectivity index (χ1) is 59.0. The summed E-state index contributed by atoms with van der Waals surface area (Å²) in [6.45, 7) is 16.9. The van der Waals surface area contributed by atoms with Crippen molar-refractivity contribution in [2.45, 2.75) is 26.4 Å². The van der Waals surface area contributed by atoms with E-state index in [0.717, 1.165) is 133 Å². The van der Waals surface area contributed by atoms with Crippen LogP contribution in [0.3, 0.4) is 0 Å². The molecule has 0 heterocycles. The number of carbonyl (C=O) groups is 4. The van der Waals surface area contributed by atoms with E-state index >= 15 is 0 Å². The standard InChI is InChI=1S/4C28H22O2/c4*1-2-21-12-14-22(15-13-21)20-30-28-19-16-23-8-6-7-11-25(23)26(28)17-18-27(29)24-9-4-3-5-10-24/h4*2-19H,1,20H2/b4*18-17+. The Morgan fingerprint density at radius 1 is 0.208 bits per heavy atom. The molecule has 0 aromatic heterocycles. The van der Waals surface area contributed by atoms with Crippen molar-refractivity contribution < 1.29 is 38.1 Å². The summed E-state index contributed by atoms with van der Waals surface area (Å²) in [5.41, 5.74) is 14.9. The third-order valence-corrected chi connectivity index (χ3v) is 20.0. The van der Waals surface area contributed by atoms with Gasteiger partial charge in [-0.1, -0.05) is 390 Å². The summed E-state index contributed by atoms with van der Waals surface area (Å²) >= 11 is 0. The monoisotopic (exact) mass is 1560 g/mol. The molecule has 0 radical (unpaired) electrons. The molecule has 0 bridgehead atoms. The van der Waals surface area contributed by atoms with Crippen LogP contribution >= 0.6 is 0 Å². The van der Waals surface area contributed by atoms with Crippen LogP contribution in [-0.4, -0.2) is 23.1 Å². The van der Waals surface area contributed by atoms with Crippen molar-refractivity contribution in [2.24, 2.45) is 0 Å². The molecule has 0 amide bonds. The minimum absolute atomic E-state index is 0.0329. The Morgan fingerprint density at radius 3 is 0.583 bits per heavy atom. The highest BCUT2D eigenvalue weighted by atomic mass is 16.5. The molecule has 0 saturated carbocycles. The van der Waals surface area contributed by atoms with Gasteiger partial charge in [-0.05, 0) is 160 Å². The number of hydrogen-bond donors (Lipinski definition) is 0. The average Bonchev–Trinajstić information content (AvgIpc) is 0.816. The molecule has 120 heavy (non-hydrogen) atoms. The zero-order valence-corrected chi connectivity index (χ0v) is 66.5. The molecule has 16 aromatic carbocycles. The molecule has 0 N–H and O–H groups in total. The van der Waals surface area contributed by atoms with E-state index in [1.165, 1.54) is 0 Å². The van der Waals surface area contributed by atoms with Crippen molar-refractivity contribution in [1.82, 2.24) is 0 Å². The van der Waals surface area contributed by atoms with E-state index in [1.807, 2.05) is 388 Å². The second-order valence-corrected chi connectivity index (χ2v) is 28.0. The predicted octanol–water partition coefficient (Wildman–Crippen LogP) is 27.8. The summed E-state index contributed by atoms with van der Waals surface area (Å²) in [6.07, 6.45) is 21.2. The van der Waals surface area contributed by atoms with Crippen LogP contribution in [0, 0.1) is 0 Å². The molecule has 0 saturated heterocycles. The van der Waals surface area contributed by atoms with E-state index in [0.29, 0.717) is 48.7 Å². The van der Waals surface area contributed by atoms with Crippen molar-refractivity contribution in [3.8, 4) is 23.0 Å². The molecule has 8 nitrogen and oxygen atoms in total. The molecular formula is C112H88O8. The number of carbonyl (C=O) groups excluding carboxylic acids is 4. The number of fused-ring (bicyclic) bond motifs is 4. The van der Waals surface area contributed by atoms with Crippen molar-refractivity contribution in [2.75, 3.05) is 0 Å². The Kier molecular flexibility index (Phi) is 28.9. The van der Waals surface area contributed by atoms with Crippen LogP contribution in [0.4, 0.5) is 0 Å². The van der Waals surface area contributed by atoms with Gasteiger partial charge in [0.25, 0.3) is 0 Å². The van der Waals surface area contributed by atoms with Gasteiger partial charge in [-0.3, -0.25) is 19.2 Å². The highest BCUT2D eigenvalue weighted by molar-refractivity contribution is 6.11. The van der Waals surface area contributed by atoms with Gasteiger partial charge >= 0.3 is 0 Å². The lowest BCUT2D eigenvalue weighted by atomic mass is 10.0. The summed E-state index contributed by atoms with van der Waals surface area (Å²) in [5, 5.41) is 8.62. The fourth-order valence-electron chi connectivity index (χ4n) is 13.4. The molecule has 8 heteroatoms. The highest BCUT2D eigenvalue weighted by Crippen LogP contribution is 2.35. The van der Waals surface area contributed by atoms with Crippen LogP contribution in [-0.2, 0) is 26.4 Å². The van der Waals surface area contributed by atoms with Crippen LogP contribution < -0.4 is 18.9 Å². The van der Waals surface area contributed by atoms with Crippen LogP contribution in [0.2, 0.25) is 0 Å². The number of ether oxygens (including phenoxy) is 4. The van der Waals surface area contributed by atoms with E-state index in [4.69, 9.17) is 18.9 Å². The number of rotatable bonds is 28. The van der Waals surface area contributed by atoms with Gasteiger partial charge in [0.1, 0.15) is 49.4 Å². The summed E-state index contributed by atoms with van der Waals surface area (Å²) in [4.78, 5) is 50.3. The lowest BCUT2D eigenvalue weighted by Gasteiger charge is -2.12. The summed E-state index contributed by atoms with van der Waals surface area (Å²) in [7, 11) is 0. The normalized spacial score (nSPS) is 10.9. The molecule has 0 fully saturated rings. The minimum atomic E-state index is -0.0329. The minimum Gasteiger partial charge on any atom is -0.488 e. The van der Waals surface area contributed by atoms with Gasteiger partial charge in [-0.2, -0.15) is 0 Å². The van der Waals surface area contributed by atoms with E-state index in [9.17, 15) is 19.2 Å². The molecule has 584 valence electrons. The first-order valence-electron chi connectivity index (χ1n) is 39.5. The second-order valence-electron chi connectivity index (χ2n) is 28.0. The Balaban J connectivity index is 0.000000138. The van der Waals surface area contributed by atoms with Gasteiger partial charge in [-0.15, -0.1) is 0 Å². The zero-order valence-electron chi connectivity index (χ0n) is 66.5. The topological polar surface area (TPSA) is 105 Å². The van der Waals surface area contributed by atoms with Gasteiger partial charge in [-0.25, -0.2) is 0 Å². The molecule has 0 aliphatic carbocycles. The van der Waals surface area contributed by atoms with Crippen LogP contribution in [0.25, 0.3) is 91.7 Å². The molecular weight excluding hydrogens is 1470 g/mol. The molecule has 0 spiro atoms. The van der Waals surface area contributed by atoms with Crippen LogP contribution in [0.1, 0.15) is 108 Å². The maximum Gasteiger partial charge on any atom is 0.185 e. The molecule has 0 atom stereocenters. The van der Waals surface area contributed by atoms with E-state index in [2.05, 4.69) is 50.6 Å². The first-order valence-corrected chi connectivity index (χ1v) is 39.5. The van der Waals surface area contributed by atoms with Crippen molar-refractivity contribution in [3.63, 3.8) is 0 Å². The van der Waals surface area contributed by atoms with Crippen molar-refractivity contribution >= 4 is 115 Å². The maximum absolute atomic E-state index is 12.6. The Morgan fingerprint density at radius 2 is 0.392 bits per heavy atom. The predicted molar refractivity (Wildman–Crippen MR) is 498 cm³/mol. The molecule has 0 unspecified atom stereocenters. The fourth-order valence-corrected chi connectivity index (χ4v) is 13.4. The summed E-state index contributed by atoms with van der Waals surface area (Å²) in [5.74, 6) is 2.86. The van der Waals surface area contributed by atoms with Gasteiger partial charge in [0.05, 0.1) is 0 Å². The largest absolute Gasteiger partial charge is 0.488 e. The lowest BCUT2D eigenvalue weighted by molar-refractivity contribution is 0.103. The highest BCUT2D eigenvalue weighted by Gasteiger charge is 2.15. The van der Waals surface area contributed by atoms with E-state index < -0.39 is 0 Å². The third-order valence-electron chi connectivity index (χ3n) is 20.0. The van der Waals surface area contributed by atoms with E-state index in [-0.39, 0.29) is 23.1 Å². The number of allylic oxidation sites excluding steroid dienone is 4. The first kappa shape index (κ1) is 82.3. The SMILES string of the molecule is C=Cc1ccc(COc2ccc3ccccc3c2/C=C/C(=O)c2ccccc2)cc1.C=Cc1ccc(COc2ccc3ccccc3c2/C=C/C(=O)c2ccccc2)cc1.C=Cc1ccc(COc2ccc3ccccc3c2/C=C/C(=O)c2ccccc2)cc1.C=Cc1ccc(COc2ccc3ccccc3c2/C=C/C(=O)c2ccccc2)cc1. The molecule has 0 aliphatic heterocycles. The number of hydrogen-bond acceptors (Lipinski definition) is 8. The van der Waals surface area contributed by atoms with Gasteiger partial charge in [0.2, 0.25) is 0 Å². The molecule has 16 aromatic rings. The fraction of sp³-hybridized carbons (Fsp3) is 0.0357. The summed E-state index contributed by atoms with van der Waals surface area (Å²) in [6, 6.07) is 118. The Bertz CT molecular complexity index is 5600. The molecule has 16 rings (SSSR count). The molecule has 0 aliphatic rings. The van der Waals surface area contributed by atoms with Gasteiger partial charge < -0.3 is 18.9 Å².